The third-order valence-electron chi connectivity index (χ3n) is 4.34. The zero-order valence-corrected chi connectivity index (χ0v) is 13.2. The summed E-state index contributed by atoms with van der Waals surface area (Å²) in [6.45, 7) is 4.57. The average Bonchev–Trinajstić information content (AvgIpc) is 2.46. The Morgan fingerprint density at radius 2 is 1.95 bits per heavy atom. The molecule has 0 spiro atoms. The van der Waals surface area contributed by atoms with Crippen LogP contribution < -0.4 is 5.32 Å². The van der Waals surface area contributed by atoms with Crippen LogP contribution in [0.5, 0.6) is 0 Å². The van der Waals surface area contributed by atoms with Gasteiger partial charge in [-0.3, -0.25) is 4.90 Å². The number of likely N-dealkylation sites (tertiary alicyclic amines) is 1. The van der Waals surface area contributed by atoms with Crippen molar-refractivity contribution in [3.05, 3.63) is 35.4 Å². The predicted octanol–water partition coefficient (Wildman–Crippen LogP) is 1.97. The van der Waals surface area contributed by atoms with Gasteiger partial charge >= 0.3 is 0 Å². The summed E-state index contributed by atoms with van der Waals surface area (Å²) in [6.07, 6.45) is 3.77. The number of nitrogens with one attached hydrogen (secondary N) is 1. The van der Waals surface area contributed by atoms with E-state index in [4.69, 9.17) is 0 Å². The Morgan fingerprint density at radius 1 is 1.25 bits per heavy atom. The van der Waals surface area contributed by atoms with Crippen LogP contribution in [-0.2, 0) is 13.0 Å². The van der Waals surface area contributed by atoms with E-state index in [1.165, 1.54) is 37.1 Å². The fourth-order valence-electron chi connectivity index (χ4n) is 3.00. The SMILES string of the molecule is CNCCc1ccc(CN(C)C2CCCN(C)C2)cc1. The third kappa shape index (κ3) is 4.58. The van der Waals surface area contributed by atoms with Gasteiger partial charge in [-0.1, -0.05) is 24.3 Å². The molecule has 1 atom stereocenters. The maximum absolute atomic E-state index is 3.20. The lowest BCUT2D eigenvalue weighted by molar-refractivity contribution is 0.129. The topological polar surface area (TPSA) is 18.5 Å². The van der Waals surface area contributed by atoms with Crippen LogP contribution in [-0.4, -0.2) is 56.6 Å². The quantitative estimate of drug-likeness (QED) is 0.856. The summed E-state index contributed by atoms with van der Waals surface area (Å²) in [5, 5.41) is 3.20. The number of hydrogen-bond acceptors (Lipinski definition) is 3. The van der Waals surface area contributed by atoms with Gasteiger partial charge in [-0.15, -0.1) is 0 Å². The molecule has 0 radical (unpaired) electrons. The van der Waals surface area contributed by atoms with E-state index in [1.54, 1.807) is 0 Å². The zero-order valence-electron chi connectivity index (χ0n) is 13.2. The normalized spacial score (nSPS) is 20.5. The molecule has 1 aromatic carbocycles. The third-order valence-corrected chi connectivity index (χ3v) is 4.34. The van der Waals surface area contributed by atoms with Crippen molar-refractivity contribution in [3.8, 4) is 0 Å². The molecule has 3 heteroatoms. The van der Waals surface area contributed by atoms with E-state index in [-0.39, 0.29) is 0 Å². The summed E-state index contributed by atoms with van der Waals surface area (Å²) < 4.78 is 0. The first-order chi connectivity index (χ1) is 9.69. The van der Waals surface area contributed by atoms with Crippen molar-refractivity contribution in [1.29, 1.82) is 0 Å². The van der Waals surface area contributed by atoms with Gasteiger partial charge in [-0.2, -0.15) is 0 Å². The Morgan fingerprint density at radius 3 is 2.60 bits per heavy atom. The molecule has 0 aromatic heterocycles. The van der Waals surface area contributed by atoms with Crippen molar-refractivity contribution in [2.24, 2.45) is 0 Å². The second-order valence-electron chi connectivity index (χ2n) is 6.14. The number of rotatable bonds is 6. The van der Waals surface area contributed by atoms with Gasteiger partial charge in [-0.25, -0.2) is 0 Å². The van der Waals surface area contributed by atoms with Gasteiger partial charge in [0.2, 0.25) is 0 Å². The van der Waals surface area contributed by atoms with Gasteiger partial charge < -0.3 is 10.2 Å². The van der Waals surface area contributed by atoms with Crippen molar-refractivity contribution in [1.82, 2.24) is 15.1 Å². The van der Waals surface area contributed by atoms with E-state index in [1.807, 2.05) is 7.05 Å². The molecule has 0 aliphatic carbocycles. The van der Waals surface area contributed by atoms with E-state index in [0.717, 1.165) is 19.5 Å². The monoisotopic (exact) mass is 275 g/mol. The van der Waals surface area contributed by atoms with Crippen molar-refractivity contribution in [2.75, 3.05) is 40.8 Å². The van der Waals surface area contributed by atoms with Crippen molar-refractivity contribution in [2.45, 2.75) is 31.8 Å². The Kier molecular flexibility index (Phi) is 6.02. The first kappa shape index (κ1) is 15.5. The predicted molar refractivity (Wildman–Crippen MR) is 86.1 cm³/mol. The summed E-state index contributed by atoms with van der Waals surface area (Å²) in [5.41, 5.74) is 2.84. The molecular formula is C17H29N3. The van der Waals surface area contributed by atoms with Crippen LogP contribution in [0.25, 0.3) is 0 Å². The van der Waals surface area contributed by atoms with Crippen LogP contribution in [0.3, 0.4) is 0 Å². The Balaban J connectivity index is 1.85. The molecule has 1 aliphatic rings. The highest BCUT2D eigenvalue weighted by molar-refractivity contribution is 5.22. The molecule has 1 fully saturated rings. The first-order valence-electron chi connectivity index (χ1n) is 7.80. The van der Waals surface area contributed by atoms with Gasteiger partial charge in [0.05, 0.1) is 0 Å². The molecule has 0 amide bonds. The minimum absolute atomic E-state index is 0.706. The summed E-state index contributed by atoms with van der Waals surface area (Å²) in [5.74, 6) is 0. The number of benzene rings is 1. The lowest BCUT2D eigenvalue weighted by atomic mass is 10.0. The van der Waals surface area contributed by atoms with Gasteiger partial charge in [0.25, 0.3) is 0 Å². The van der Waals surface area contributed by atoms with E-state index in [9.17, 15) is 0 Å². The van der Waals surface area contributed by atoms with E-state index in [0.29, 0.717) is 6.04 Å². The molecule has 1 N–H and O–H groups in total. The van der Waals surface area contributed by atoms with Gasteiger partial charge in [-0.05, 0) is 64.6 Å². The van der Waals surface area contributed by atoms with Crippen LogP contribution in [0, 0.1) is 0 Å². The number of nitrogens with zero attached hydrogens (tertiary/aromatic N) is 2. The molecule has 1 aromatic rings. The Bertz CT molecular complexity index is 388. The zero-order chi connectivity index (χ0) is 14.4. The molecule has 20 heavy (non-hydrogen) atoms. The molecular weight excluding hydrogens is 246 g/mol. The largest absolute Gasteiger partial charge is 0.319 e. The molecule has 3 nitrogen and oxygen atoms in total. The highest BCUT2D eigenvalue weighted by atomic mass is 15.2. The second-order valence-corrected chi connectivity index (χ2v) is 6.14. The van der Waals surface area contributed by atoms with E-state index < -0.39 is 0 Å². The Labute approximate surface area is 124 Å². The lowest BCUT2D eigenvalue weighted by Crippen LogP contribution is -2.44. The minimum atomic E-state index is 0.706. The van der Waals surface area contributed by atoms with Crippen molar-refractivity contribution >= 4 is 0 Å². The molecule has 1 saturated heterocycles. The molecule has 2 rings (SSSR count). The smallest absolute Gasteiger partial charge is 0.0234 e. The number of likely N-dealkylation sites (N-methyl/N-ethyl adjacent to an activating group) is 3. The number of piperidine rings is 1. The van der Waals surface area contributed by atoms with Crippen LogP contribution in [0.1, 0.15) is 24.0 Å². The lowest BCUT2D eigenvalue weighted by Gasteiger charge is -2.35. The number of hydrogen-bond donors (Lipinski definition) is 1. The Hall–Kier alpha value is -0.900. The summed E-state index contributed by atoms with van der Waals surface area (Å²) >= 11 is 0. The summed E-state index contributed by atoms with van der Waals surface area (Å²) in [6, 6.07) is 9.82. The van der Waals surface area contributed by atoms with Crippen LogP contribution >= 0.6 is 0 Å². The van der Waals surface area contributed by atoms with Crippen LogP contribution in [0.4, 0.5) is 0 Å². The fraction of sp³-hybridized carbons (Fsp3) is 0.647. The maximum Gasteiger partial charge on any atom is 0.0234 e. The fourth-order valence-corrected chi connectivity index (χ4v) is 3.00. The highest BCUT2D eigenvalue weighted by Crippen LogP contribution is 2.16. The molecule has 1 unspecified atom stereocenters. The second kappa shape index (κ2) is 7.77. The molecule has 1 heterocycles. The average molecular weight is 275 g/mol. The first-order valence-corrected chi connectivity index (χ1v) is 7.80. The highest BCUT2D eigenvalue weighted by Gasteiger charge is 2.20. The standard InChI is InChI=1S/C17H29N3/c1-18-11-10-15-6-8-16(9-7-15)13-20(3)17-5-4-12-19(2)14-17/h6-9,17-18H,4-5,10-14H2,1-3H3. The maximum atomic E-state index is 3.20. The molecule has 0 bridgehead atoms. The minimum Gasteiger partial charge on any atom is -0.319 e. The van der Waals surface area contributed by atoms with Crippen molar-refractivity contribution in [3.63, 3.8) is 0 Å². The molecule has 0 saturated carbocycles. The van der Waals surface area contributed by atoms with E-state index in [2.05, 4.69) is 53.5 Å². The van der Waals surface area contributed by atoms with Crippen LogP contribution in [0.15, 0.2) is 24.3 Å². The van der Waals surface area contributed by atoms with Gasteiger partial charge in [0.15, 0.2) is 0 Å². The molecule has 1 aliphatic heterocycles. The van der Waals surface area contributed by atoms with Crippen molar-refractivity contribution < 1.29 is 0 Å². The van der Waals surface area contributed by atoms with Gasteiger partial charge in [0.1, 0.15) is 0 Å². The molecule has 112 valence electrons. The summed E-state index contributed by atoms with van der Waals surface area (Å²) in [4.78, 5) is 4.96. The van der Waals surface area contributed by atoms with Gasteiger partial charge in [0, 0.05) is 19.1 Å². The summed E-state index contributed by atoms with van der Waals surface area (Å²) in [7, 11) is 6.50. The van der Waals surface area contributed by atoms with Crippen LogP contribution in [0.2, 0.25) is 0 Å². The van der Waals surface area contributed by atoms with E-state index >= 15 is 0 Å².